The second-order valence-corrected chi connectivity index (χ2v) is 5.48. The Bertz CT molecular complexity index is 510. The first kappa shape index (κ1) is 13.6. The summed E-state index contributed by atoms with van der Waals surface area (Å²) in [4.78, 5) is 14.3. The molecule has 1 aliphatic carbocycles. The monoisotopic (exact) mass is 256 g/mol. The molecule has 1 saturated carbocycles. The number of hydrogen-bond acceptors (Lipinski definition) is 2. The molecule has 3 nitrogen and oxygen atoms in total. The van der Waals surface area contributed by atoms with E-state index in [1.807, 2.05) is 6.07 Å². The highest BCUT2D eigenvalue weighted by Gasteiger charge is 2.44. The summed E-state index contributed by atoms with van der Waals surface area (Å²) >= 11 is 0. The summed E-state index contributed by atoms with van der Waals surface area (Å²) in [6.07, 6.45) is 3.95. The molecule has 2 rings (SSSR count). The Morgan fingerprint density at radius 3 is 2.68 bits per heavy atom. The van der Waals surface area contributed by atoms with Crippen LogP contribution in [0.5, 0.6) is 0 Å². The van der Waals surface area contributed by atoms with Gasteiger partial charge in [-0.3, -0.25) is 4.79 Å². The molecule has 0 aromatic heterocycles. The van der Waals surface area contributed by atoms with Gasteiger partial charge in [-0.05, 0) is 25.3 Å². The molecule has 19 heavy (non-hydrogen) atoms. The zero-order valence-corrected chi connectivity index (χ0v) is 11.6. The molecule has 100 valence electrons. The quantitative estimate of drug-likeness (QED) is 0.780. The van der Waals surface area contributed by atoms with E-state index in [1.54, 1.807) is 11.9 Å². The molecule has 0 unspecified atom stereocenters. The highest BCUT2D eigenvalue weighted by molar-refractivity contribution is 5.88. The third-order valence-corrected chi connectivity index (χ3v) is 4.09. The Morgan fingerprint density at radius 2 is 2.11 bits per heavy atom. The Kier molecular flexibility index (Phi) is 3.90. The van der Waals surface area contributed by atoms with Crippen molar-refractivity contribution >= 4 is 5.91 Å². The fourth-order valence-corrected chi connectivity index (χ4v) is 3.09. The van der Waals surface area contributed by atoms with Crippen LogP contribution < -0.4 is 0 Å². The Hall–Kier alpha value is -1.82. The second kappa shape index (κ2) is 5.44. The van der Waals surface area contributed by atoms with Crippen LogP contribution in [0.15, 0.2) is 24.3 Å². The Balaban J connectivity index is 2.39. The third kappa shape index (κ3) is 2.49. The molecule has 3 heteroatoms. The van der Waals surface area contributed by atoms with E-state index in [0.717, 1.165) is 31.2 Å². The summed E-state index contributed by atoms with van der Waals surface area (Å²) in [6, 6.07) is 10.3. The van der Waals surface area contributed by atoms with Gasteiger partial charge in [-0.1, -0.05) is 42.7 Å². The van der Waals surface area contributed by atoms with Gasteiger partial charge in [-0.25, -0.2) is 0 Å². The fourth-order valence-electron chi connectivity index (χ4n) is 3.09. The van der Waals surface area contributed by atoms with E-state index in [1.165, 1.54) is 5.56 Å². The molecule has 1 amide bonds. The van der Waals surface area contributed by atoms with Gasteiger partial charge >= 0.3 is 0 Å². The van der Waals surface area contributed by atoms with Gasteiger partial charge in [-0.2, -0.15) is 5.26 Å². The number of likely N-dealkylation sites (N-methyl/N-ethyl adjacent to an activating group) is 1. The van der Waals surface area contributed by atoms with Gasteiger partial charge in [-0.15, -0.1) is 0 Å². The maximum atomic E-state index is 12.7. The van der Waals surface area contributed by atoms with Gasteiger partial charge in [0.15, 0.2) is 0 Å². The second-order valence-electron chi connectivity index (χ2n) is 5.48. The molecule has 0 atom stereocenters. The normalized spacial score (nSPS) is 16.9. The average Bonchev–Trinajstić information content (AvgIpc) is 2.88. The van der Waals surface area contributed by atoms with Crippen molar-refractivity contribution in [3.63, 3.8) is 0 Å². The Morgan fingerprint density at radius 1 is 1.42 bits per heavy atom. The van der Waals surface area contributed by atoms with E-state index in [4.69, 9.17) is 5.26 Å². The number of amides is 1. The summed E-state index contributed by atoms with van der Waals surface area (Å²) < 4.78 is 0. The highest BCUT2D eigenvalue weighted by atomic mass is 16.2. The van der Waals surface area contributed by atoms with Crippen molar-refractivity contribution in [3.8, 4) is 6.07 Å². The topological polar surface area (TPSA) is 44.1 Å². The van der Waals surface area contributed by atoms with Crippen LogP contribution in [0, 0.1) is 18.3 Å². The number of nitriles is 1. The minimum Gasteiger partial charge on any atom is -0.332 e. The van der Waals surface area contributed by atoms with Gasteiger partial charge < -0.3 is 4.90 Å². The number of nitrogens with zero attached hydrogens (tertiary/aromatic N) is 2. The predicted molar refractivity (Wildman–Crippen MR) is 74.6 cm³/mol. The molecule has 0 radical (unpaired) electrons. The lowest BCUT2D eigenvalue weighted by Crippen LogP contribution is -2.43. The lowest BCUT2D eigenvalue weighted by Gasteiger charge is -2.32. The molecule has 0 heterocycles. The highest BCUT2D eigenvalue weighted by Crippen LogP contribution is 2.42. The summed E-state index contributed by atoms with van der Waals surface area (Å²) in [5.41, 5.74) is 1.89. The molecule has 0 aliphatic heterocycles. The first-order chi connectivity index (χ1) is 9.10. The molecule has 0 bridgehead atoms. The van der Waals surface area contributed by atoms with Crippen LogP contribution in [0.3, 0.4) is 0 Å². The molecular weight excluding hydrogens is 236 g/mol. The van der Waals surface area contributed by atoms with Gasteiger partial charge in [0.2, 0.25) is 5.91 Å². The number of benzene rings is 1. The number of rotatable bonds is 3. The minimum atomic E-state index is -0.405. The number of hydrogen-bond donors (Lipinski definition) is 0. The van der Waals surface area contributed by atoms with E-state index < -0.39 is 5.41 Å². The first-order valence-electron chi connectivity index (χ1n) is 6.80. The van der Waals surface area contributed by atoms with E-state index >= 15 is 0 Å². The van der Waals surface area contributed by atoms with E-state index in [9.17, 15) is 4.79 Å². The minimum absolute atomic E-state index is 0.0946. The third-order valence-electron chi connectivity index (χ3n) is 4.09. The largest absolute Gasteiger partial charge is 0.332 e. The zero-order chi connectivity index (χ0) is 13.9. The van der Waals surface area contributed by atoms with Crippen molar-refractivity contribution in [2.24, 2.45) is 0 Å². The number of aryl methyl sites for hydroxylation is 1. The van der Waals surface area contributed by atoms with Crippen molar-refractivity contribution in [2.75, 3.05) is 13.6 Å². The van der Waals surface area contributed by atoms with Crippen molar-refractivity contribution in [1.29, 1.82) is 5.26 Å². The maximum absolute atomic E-state index is 12.7. The molecule has 1 aromatic carbocycles. The number of carbonyl (C=O) groups excluding carboxylic acids is 1. The SMILES string of the molecule is Cc1cccc(C2(C(=O)N(C)CC#N)CCCC2)c1. The van der Waals surface area contributed by atoms with Crippen LogP contribution in [0.4, 0.5) is 0 Å². The summed E-state index contributed by atoms with van der Waals surface area (Å²) in [6.45, 7) is 2.21. The molecule has 0 saturated heterocycles. The molecule has 0 N–H and O–H groups in total. The van der Waals surface area contributed by atoms with E-state index in [2.05, 4.69) is 31.2 Å². The first-order valence-corrected chi connectivity index (χ1v) is 6.80. The van der Waals surface area contributed by atoms with Crippen LogP contribution in [-0.2, 0) is 10.2 Å². The van der Waals surface area contributed by atoms with Crippen molar-refractivity contribution in [1.82, 2.24) is 4.90 Å². The fraction of sp³-hybridized carbons (Fsp3) is 0.500. The van der Waals surface area contributed by atoms with Crippen LogP contribution in [0.1, 0.15) is 36.8 Å². The van der Waals surface area contributed by atoms with Crippen molar-refractivity contribution in [3.05, 3.63) is 35.4 Å². The molecule has 1 aliphatic rings. The summed E-state index contributed by atoms with van der Waals surface area (Å²) in [5.74, 6) is 0.0946. The molecule has 0 spiro atoms. The predicted octanol–water partition coefficient (Wildman–Crippen LogP) is 2.79. The van der Waals surface area contributed by atoms with E-state index in [-0.39, 0.29) is 12.5 Å². The summed E-state index contributed by atoms with van der Waals surface area (Å²) in [5, 5.41) is 8.78. The van der Waals surface area contributed by atoms with Crippen LogP contribution in [-0.4, -0.2) is 24.4 Å². The maximum Gasteiger partial charge on any atom is 0.233 e. The van der Waals surface area contributed by atoms with Crippen LogP contribution >= 0.6 is 0 Å². The lowest BCUT2D eigenvalue weighted by molar-refractivity contribution is -0.135. The Labute approximate surface area is 114 Å². The van der Waals surface area contributed by atoms with Crippen LogP contribution in [0.2, 0.25) is 0 Å². The molecule has 1 aromatic rings. The van der Waals surface area contributed by atoms with Gasteiger partial charge in [0.05, 0.1) is 11.5 Å². The van der Waals surface area contributed by atoms with Crippen LogP contribution in [0.25, 0.3) is 0 Å². The molecular formula is C16H20N2O. The molecule has 1 fully saturated rings. The standard InChI is InChI=1S/C16H20N2O/c1-13-6-5-7-14(12-13)16(8-3-4-9-16)15(19)18(2)11-10-17/h5-7,12H,3-4,8-9,11H2,1-2H3. The van der Waals surface area contributed by atoms with E-state index in [0.29, 0.717) is 0 Å². The summed E-state index contributed by atoms with van der Waals surface area (Å²) in [7, 11) is 1.72. The van der Waals surface area contributed by atoms with Crippen molar-refractivity contribution < 1.29 is 4.79 Å². The van der Waals surface area contributed by atoms with Gasteiger partial charge in [0.25, 0.3) is 0 Å². The van der Waals surface area contributed by atoms with Gasteiger partial charge in [0, 0.05) is 7.05 Å². The smallest absolute Gasteiger partial charge is 0.233 e. The number of carbonyl (C=O) groups is 1. The zero-order valence-electron chi connectivity index (χ0n) is 11.6. The van der Waals surface area contributed by atoms with Crippen molar-refractivity contribution in [2.45, 2.75) is 38.0 Å². The lowest BCUT2D eigenvalue weighted by atomic mass is 9.77. The van der Waals surface area contributed by atoms with Gasteiger partial charge in [0.1, 0.15) is 6.54 Å². The average molecular weight is 256 g/mol.